The Labute approximate surface area is 161 Å². The average molecular weight is 391 g/mol. The van der Waals surface area contributed by atoms with E-state index in [0.29, 0.717) is 24.0 Å². The number of ether oxygens (including phenoxy) is 1. The Morgan fingerprint density at radius 1 is 1.00 bits per heavy atom. The van der Waals surface area contributed by atoms with Crippen LogP contribution in [0.2, 0.25) is 0 Å². The molecule has 0 spiro atoms. The Hall–Kier alpha value is -2.38. The molecule has 6 nitrogen and oxygen atoms in total. The highest BCUT2D eigenvalue weighted by molar-refractivity contribution is 7.89. The van der Waals surface area contributed by atoms with Crippen molar-refractivity contribution in [3.8, 4) is 5.75 Å². The molecule has 2 rings (SSSR count). The largest absolute Gasteiger partial charge is 0.494 e. The second-order valence-electron chi connectivity index (χ2n) is 6.51. The molecule has 2 aromatic carbocycles. The third kappa shape index (κ3) is 5.80. The quantitative estimate of drug-likeness (QED) is 0.722. The van der Waals surface area contributed by atoms with Gasteiger partial charge in [0, 0.05) is 5.69 Å². The number of benzene rings is 2. The standard InChI is InChI=1S/C20H26N2O4S/c1-5-26-18-10-12-19(13-11-18)27(24,25)22-15(4)20(23)21-17-8-6-16(7-9-17)14(2)3/h6-15,22H,5H2,1-4H3,(H,21,23)/t15-/m1/s1. The van der Waals surface area contributed by atoms with Crippen LogP contribution in [0.3, 0.4) is 0 Å². The molecule has 0 saturated heterocycles. The zero-order valence-corrected chi connectivity index (χ0v) is 16.8. The van der Waals surface area contributed by atoms with Gasteiger partial charge in [-0.05, 0) is 61.7 Å². The van der Waals surface area contributed by atoms with Crippen molar-refractivity contribution in [2.45, 2.75) is 44.6 Å². The van der Waals surface area contributed by atoms with Crippen molar-refractivity contribution in [2.24, 2.45) is 0 Å². The molecular weight excluding hydrogens is 364 g/mol. The van der Waals surface area contributed by atoms with Crippen molar-refractivity contribution < 1.29 is 17.9 Å². The fourth-order valence-electron chi connectivity index (χ4n) is 2.44. The summed E-state index contributed by atoms with van der Waals surface area (Å²) in [7, 11) is -3.81. The molecule has 1 amide bonds. The van der Waals surface area contributed by atoms with Gasteiger partial charge in [0.05, 0.1) is 17.5 Å². The van der Waals surface area contributed by atoms with Gasteiger partial charge < -0.3 is 10.1 Å². The molecule has 0 aliphatic carbocycles. The van der Waals surface area contributed by atoms with Gasteiger partial charge in [-0.15, -0.1) is 0 Å². The summed E-state index contributed by atoms with van der Waals surface area (Å²) in [6, 6.07) is 12.6. The SMILES string of the molecule is CCOc1ccc(S(=O)(=O)N[C@H](C)C(=O)Nc2ccc(C(C)C)cc2)cc1. The normalized spacial score (nSPS) is 12.6. The van der Waals surface area contributed by atoms with E-state index in [0.717, 1.165) is 5.56 Å². The Kier molecular flexibility index (Phi) is 6.98. The minimum absolute atomic E-state index is 0.0758. The van der Waals surface area contributed by atoms with E-state index in [-0.39, 0.29) is 4.90 Å². The monoisotopic (exact) mass is 390 g/mol. The molecule has 2 aromatic rings. The number of anilines is 1. The van der Waals surface area contributed by atoms with Crippen molar-refractivity contribution in [2.75, 3.05) is 11.9 Å². The van der Waals surface area contributed by atoms with E-state index in [1.165, 1.54) is 19.1 Å². The first-order chi connectivity index (χ1) is 12.7. The summed E-state index contributed by atoms with van der Waals surface area (Å²) in [5, 5.41) is 2.72. The van der Waals surface area contributed by atoms with Crippen molar-refractivity contribution in [1.29, 1.82) is 0 Å². The van der Waals surface area contributed by atoms with Crippen molar-refractivity contribution in [3.63, 3.8) is 0 Å². The Morgan fingerprint density at radius 2 is 1.59 bits per heavy atom. The molecule has 0 aromatic heterocycles. The Bertz CT molecular complexity index is 860. The molecule has 0 fully saturated rings. The molecule has 0 radical (unpaired) electrons. The average Bonchev–Trinajstić information content (AvgIpc) is 2.62. The lowest BCUT2D eigenvalue weighted by Crippen LogP contribution is -2.41. The van der Waals surface area contributed by atoms with Gasteiger partial charge in [-0.3, -0.25) is 4.79 Å². The first kappa shape index (κ1) is 20.9. The number of hydrogen-bond acceptors (Lipinski definition) is 4. The molecule has 27 heavy (non-hydrogen) atoms. The topological polar surface area (TPSA) is 84.5 Å². The van der Waals surface area contributed by atoms with Crippen LogP contribution in [0.4, 0.5) is 5.69 Å². The van der Waals surface area contributed by atoms with Crippen molar-refractivity contribution in [3.05, 3.63) is 54.1 Å². The summed E-state index contributed by atoms with van der Waals surface area (Å²) in [6.45, 7) is 8.03. The van der Waals surface area contributed by atoms with Crippen LogP contribution in [0.25, 0.3) is 0 Å². The lowest BCUT2D eigenvalue weighted by atomic mass is 10.0. The van der Waals surface area contributed by atoms with Gasteiger partial charge >= 0.3 is 0 Å². The molecule has 0 saturated carbocycles. The van der Waals surface area contributed by atoms with E-state index in [1.54, 1.807) is 24.3 Å². The van der Waals surface area contributed by atoms with Crippen LogP contribution < -0.4 is 14.8 Å². The highest BCUT2D eigenvalue weighted by Gasteiger charge is 2.22. The van der Waals surface area contributed by atoms with Gasteiger partial charge in [-0.1, -0.05) is 26.0 Å². The molecule has 0 bridgehead atoms. The van der Waals surface area contributed by atoms with Crippen LogP contribution in [0.5, 0.6) is 5.75 Å². The predicted octanol–water partition coefficient (Wildman–Crippen LogP) is 3.51. The minimum atomic E-state index is -3.81. The summed E-state index contributed by atoms with van der Waals surface area (Å²) < 4.78 is 32.6. The summed E-state index contributed by atoms with van der Waals surface area (Å²) in [5.41, 5.74) is 1.79. The second kappa shape index (κ2) is 9.01. The molecule has 0 heterocycles. The molecule has 146 valence electrons. The van der Waals surface area contributed by atoms with Gasteiger partial charge in [0.2, 0.25) is 15.9 Å². The summed E-state index contributed by atoms with van der Waals surface area (Å²) in [5.74, 6) is 0.559. The fraction of sp³-hybridized carbons (Fsp3) is 0.350. The highest BCUT2D eigenvalue weighted by Crippen LogP contribution is 2.18. The van der Waals surface area contributed by atoms with Crippen LogP contribution in [0, 0.1) is 0 Å². The van der Waals surface area contributed by atoms with Gasteiger partial charge in [-0.2, -0.15) is 4.72 Å². The maximum absolute atomic E-state index is 12.5. The van der Waals surface area contributed by atoms with E-state index < -0.39 is 22.0 Å². The predicted molar refractivity (Wildman–Crippen MR) is 107 cm³/mol. The summed E-state index contributed by atoms with van der Waals surface area (Å²) >= 11 is 0. The van der Waals surface area contributed by atoms with Crippen LogP contribution in [0.15, 0.2) is 53.4 Å². The first-order valence-corrected chi connectivity index (χ1v) is 10.4. The molecule has 1 atom stereocenters. The zero-order valence-electron chi connectivity index (χ0n) is 16.0. The summed E-state index contributed by atoms with van der Waals surface area (Å²) in [4.78, 5) is 12.4. The zero-order chi connectivity index (χ0) is 20.0. The van der Waals surface area contributed by atoms with E-state index in [1.807, 2.05) is 19.1 Å². The third-order valence-electron chi connectivity index (χ3n) is 4.02. The van der Waals surface area contributed by atoms with E-state index in [9.17, 15) is 13.2 Å². The lowest BCUT2D eigenvalue weighted by molar-refractivity contribution is -0.117. The summed E-state index contributed by atoms with van der Waals surface area (Å²) in [6.07, 6.45) is 0. The molecular formula is C20H26N2O4S. The number of nitrogens with one attached hydrogen (secondary N) is 2. The number of carbonyl (C=O) groups excluding carboxylic acids is 1. The van der Waals surface area contributed by atoms with Crippen LogP contribution in [-0.4, -0.2) is 27.0 Å². The smallest absolute Gasteiger partial charge is 0.242 e. The van der Waals surface area contributed by atoms with E-state index in [2.05, 4.69) is 23.9 Å². The molecule has 0 aliphatic heterocycles. The molecule has 2 N–H and O–H groups in total. The molecule has 7 heteroatoms. The minimum Gasteiger partial charge on any atom is -0.494 e. The number of rotatable bonds is 8. The Morgan fingerprint density at radius 3 is 2.11 bits per heavy atom. The van der Waals surface area contributed by atoms with E-state index >= 15 is 0 Å². The lowest BCUT2D eigenvalue weighted by Gasteiger charge is -2.15. The molecule has 0 unspecified atom stereocenters. The van der Waals surface area contributed by atoms with Gasteiger partial charge in [0.1, 0.15) is 5.75 Å². The number of amides is 1. The maximum Gasteiger partial charge on any atom is 0.242 e. The third-order valence-corrected chi connectivity index (χ3v) is 5.57. The van der Waals surface area contributed by atoms with E-state index in [4.69, 9.17) is 4.74 Å². The van der Waals surface area contributed by atoms with Crippen molar-refractivity contribution >= 4 is 21.6 Å². The maximum atomic E-state index is 12.5. The van der Waals surface area contributed by atoms with Crippen molar-refractivity contribution in [1.82, 2.24) is 4.72 Å². The van der Waals surface area contributed by atoms with Gasteiger partial charge in [-0.25, -0.2) is 8.42 Å². The Balaban J connectivity index is 2.01. The van der Waals surface area contributed by atoms with Crippen LogP contribution in [0.1, 0.15) is 39.2 Å². The van der Waals surface area contributed by atoms with Gasteiger partial charge in [0.25, 0.3) is 0 Å². The van der Waals surface area contributed by atoms with Gasteiger partial charge in [0.15, 0.2) is 0 Å². The molecule has 0 aliphatic rings. The second-order valence-corrected chi connectivity index (χ2v) is 8.23. The number of sulfonamides is 1. The first-order valence-electron chi connectivity index (χ1n) is 8.89. The fourth-order valence-corrected chi connectivity index (χ4v) is 3.64. The highest BCUT2D eigenvalue weighted by atomic mass is 32.2. The number of carbonyl (C=O) groups is 1. The number of hydrogen-bond donors (Lipinski definition) is 2. The van der Waals surface area contributed by atoms with Crippen LogP contribution in [-0.2, 0) is 14.8 Å². The van der Waals surface area contributed by atoms with Crippen LogP contribution >= 0.6 is 0 Å².